The number of hydrogen-bond donors (Lipinski definition) is 2. The molecule has 1 aromatic heterocycles. The minimum atomic E-state index is -0.0589. The molecule has 1 fully saturated rings. The van der Waals surface area contributed by atoms with Crippen molar-refractivity contribution in [3.8, 4) is 0 Å². The van der Waals surface area contributed by atoms with Crippen LogP contribution in [0.15, 0.2) is 0 Å². The number of carbonyl (C=O) groups excluding carboxylic acids is 1. The molecule has 0 aromatic carbocycles. The van der Waals surface area contributed by atoms with Crippen LogP contribution in [0.2, 0.25) is 0 Å². The van der Waals surface area contributed by atoms with Gasteiger partial charge in [0.1, 0.15) is 0 Å². The highest BCUT2D eigenvalue weighted by molar-refractivity contribution is 5.92. The number of hydrogen-bond acceptors (Lipinski definition) is 3. The van der Waals surface area contributed by atoms with E-state index in [1.54, 1.807) is 0 Å². The standard InChI is InChI=1S/C11H17N3O2/c1-6-7(2)13-14-10(6)12-11(15)9-4-5-16-8(9)3/h8-9H,4-5H2,1-3H3,(H2,12,13,14,15). The van der Waals surface area contributed by atoms with Gasteiger partial charge in [0.15, 0.2) is 5.82 Å². The van der Waals surface area contributed by atoms with Crippen molar-refractivity contribution in [2.24, 2.45) is 5.92 Å². The van der Waals surface area contributed by atoms with Crippen LogP contribution in [-0.4, -0.2) is 28.8 Å². The van der Waals surface area contributed by atoms with Crippen LogP contribution < -0.4 is 5.32 Å². The van der Waals surface area contributed by atoms with Crippen molar-refractivity contribution < 1.29 is 9.53 Å². The van der Waals surface area contributed by atoms with E-state index in [9.17, 15) is 4.79 Å². The molecule has 5 nitrogen and oxygen atoms in total. The van der Waals surface area contributed by atoms with E-state index >= 15 is 0 Å². The minimum absolute atomic E-state index is 0.000319. The van der Waals surface area contributed by atoms with Gasteiger partial charge in [0.2, 0.25) is 5.91 Å². The summed E-state index contributed by atoms with van der Waals surface area (Å²) in [5.41, 5.74) is 1.96. The highest BCUT2D eigenvalue weighted by Gasteiger charge is 2.31. The van der Waals surface area contributed by atoms with Gasteiger partial charge in [-0.25, -0.2) is 0 Å². The zero-order valence-electron chi connectivity index (χ0n) is 9.83. The van der Waals surface area contributed by atoms with Gasteiger partial charge in [-0.15, -0.1) is 0 Å². The Hall–Kier alpha value is -1.36. The molecule has 2 rings (SSSR count). The lowest BCUT2D eigenvalue weighted by Gasteiger charge is -2.13. The Balaban J connectivity index is 2.05. The van der Waals surface area contributed by atoms with E-state index in [0.29, 0.717) is 12.4 Å². The molecule has 5 heteroatoms. The molecule has 1 aliphatic rings. The van der Waals surface area contributed by atoms with Gasteiger partial charge >= 0.3 is 0 Å². The van der Waals surface area contributed by atoms with E-state index in [1.165, 1.54) is 0 Å². The van der Waals surface area contributed by atoms with Crippen LogP contribution in [0.3, 0.4) is 0 Å². The van der Waals surface area contributed by atoms with Gasteiger partial charge in [0, 0.05) is 17.9 Å². The average molecular weight is 223 g/mol. The number of nitrogens with zero attached hydrogens (tertiary/aromatic N) is 1. The summed E-state index contributed by atoms with van der Waals surface area (Å²) in [6.45, 7) is 6.46. The van der Waals surface area contributed by atoms with Crippen molar-refractivity contribution in [2.45, 2.75) is 33.3 Å². The van der Waals surface area contributed by atoms with Gasteiger partial charge in [-0.05, 0) is 27.2 Å². The van der Waals surface area contributed by atoms with Crippen LogP contribution >= 0.6 is 0 Å². The number of anilines is 1. The number of rotatable bonds is 2. The van der Waals surface area contributed by atoms with Crippen molar-refractivity contribution in [3.05, 3.63) is 11.3 Å². The van der Waals surface area contributed by atoms with Crippen LogP contribution in [0.5, 0.6) is 0 Å². The number of nitrogens with one attached hydrogen (secondary N) is 2. The molecule has 1 saturated heterocycles. The first-order valence-corrected chi connectivity index (χ1v) is 5.53. The second-order valence-corrected chi connectivity index (χ2v) is 4.28. The van der Waals surface area contributed by atoms with E-state index in [4.69, 9.17) is 4.74 Å². The van der Waals surface area contributed by atoms with Crippen molar-refractivity contribution in [1.29, 1.82) is 0 Å². The number of aryl methyl sites for hydroxylation is 1. The van der Waals surface area contributed by atoms with Crippen LogP contribution in [0.4, 0.5) is 5.82 Å². The molecule has 1 amide bonds. The molecule has 0 aliphatic carbocycles. The van der Waals surface area contributed by atoms with Crippen molar-refractivity contribution in [1.82, 2.24) is 10.2 Å². The lowest BCUT2D eigenvalue weighted by Crippen LogP contribution is -2.28. The Bertz CT molecular complexity index is 400. The smallest absolute Gasteiger partial charge is 0.231 e. The zero-order chi connectivity index (χ0) is 11.7. The molecule has 1 aromatic rings. The number of H-pyrrole nitrogens is 1. The van der Waals surface area contributed by atoms with Crippen molar-refractivity contribution in [3.63, 3.8) is 0 Å². The van der Waals surface area contributed by atoms with Gasteiger partial charge in [-0.2, -0.15) is 5.10 Å². The molecule has 2 N–H and O–H groups in total. The summed E-state index contributed by atoms with van der Waals surface area (Å²) in [5, 5.41) is 9.74. The summed E-state index contributed by atoms with van der Waals surface area (Å²) in [5.74, 6) is 0.567. The molecular weight excluding hydrogens is 206 g/mol. The fourth-order valence-corrected chi connectivity index (χ4v) is 1.89. The number of ether oxygens (including phenoxy) is 1. The Kier molecular flexibility index (Phi) is 2.96. The Morgan fingerprint density at radius 1 is 1.56 bits per heavy atom. The Morgan fingerprint density at radius 2 is 2.31 bits per heavy atom. The first-order chi connectivity index (χ1) is 7.59. The van der Waals surface area contributed by atoms with Gasteiger partial charge < -0.3 is 10.1 Å². The summed E-state index contributed by atoms with van der Waals surface area (Å²) in [6.07, 6.45) is 0.787. The molecule has 88 valence electrons. The lowest BCUT2D eigenvalue weighted by atomic mass is 10.0. The Morgan fingerprint density at radius 3 is 2.81 bits per heavy atom. The maximum atomic E-state index is 11.9. The average Bonchev–Trinajstić information content (AvgIpc) is 2.79. The van der Waals surface area contributed by atoms with Gasteiger partial charge in [0.25, 0.3) is 0 Å². The molecule has 1 aliphatic heterocycles. The highest BCUT2D eigenvalue weighted by Crippen LogP contribution is 2.23. The third-order valence-electron chi connectivity index (χ3n) is 3.21. The molecule has 16 heavy (non-hydrogen) atoms. The molecule has 0 spiro atoms. The van der Waals surface area contributed by atoms with E-state index in [2.05, 4.69) is 15.5 Å². The van der Waals surface area contributed by atoms with Gasteiger partial charge in [-0.3, -0.25) is 9.89 Å². The zero-order valence-corrected chi connectivity index (χ0v) is 9.83. The second-order valence-electron chi connectivity index (χ2n) is 4.28. The topological polar surface area (TPSA) is 67.0 Å². The van der Waals surface area contributed by atoms with Crippen LogP contribution in [-0.2, 0) is 9.53 Å². The quantitative estimate of drug-likeness (QED) is 0.796. The second kappa shape index (κ2) is 4.25. The fourth-order valence-electron chi connectivity index (χ4n) is 1.89. The Labute approximate surface area is 94.6 Å². The first-order valence-electron chi connectivity index (χ1n) is 5.53. The highest BCUT2D eigenvalue weighted by atomic mass is 16.5. The normalized spacial score (nSPS) is 24.7. The maximum absolute atomic E-state index is 11.9. The monoisotopic (exact) mass is 223 g/mol. The summed E-state index contributed by atoms with van der Waals surface area (Å²) < 4.78 is 5.37. The SMILES string of the molecule is Cc1[nH]nc(NC(=O)C2CCOC2C)c1C. The van der Waals surface area contributed by atoms with E-state index in [-0.39, 0.29) is 17.9 Å². The molecule has 2 unspecified atom stereocenters. The van der Waals surface area contributed by atoms with Crippen LogP contribution in [0, 0.1) is 19.8 Å². The maximum Gasteiger partial charge on any atom is 0.231 e. The number of aromatic nitrogens is 2. The molecule has 0 radical (unpaired) electrons. The predicted molar refractivity (Wildman–Crippen MR) is 60.2 cm³/mol. The largest absolute Gasteiger partial charge is 0.378 e. The third kappa shape index (κ3) is 1.95. The summed E-state index contributed by atoms with van der Waals surface area (Å²) in [7, 11) is 0. The molecule has 2 atom stereocenters. The van der Waals surface area contributed by atoms with Crippen LogP contribution in [0.1, 0.15) is 24.6 Å². The van der Waals surface area contributed by atoms with Crippen molar-refractivity contribution >= 4 is 11.7 Å². The first kappa shape index (κ1) is 11.1. The summed E-state index contributed by atoms with van der Waals surface area (Å²) in [4.78, 5) is 11.9. The minimum Gasteiger partial charge on any atom is -0.378 e. The fraction of sp³-hybridized carbons (Fsp3) is 0.636. The lowest BCUT2D eigenvalue weighted by molar-refractivity contribution is -0.121. The van der Waals surface area contributed by atoms with Gasteiger partial charge in [-0.1, -0.05) is 0 Å². The number of aromatic amines is 1. The third-order valence-corrected chi connectivity index (χ3v) is 3.21. The molecular formula is C11H17N3O2. The molecule has 0 saturated carbocycles. The predicted octanol–water partition coefficient (Wildman–Crippen LogP) is 1.39. The van der Waals surface area contributed by atoms with E-state index in [1.807, 2.05) is 20.8 Å². The van der Waals surface area contributed by atoms with Gasteiger partial charge in [0.05, 0.1) is 12.0 Å². The number of carbonyl (C=O) groups is 1. The number of amides is 1. The van der Waals surface area contributed by atoms with Crippen LogP contribution in [0.25, 0.3) is 0 Å². The summed E-state index contributed by atoms with van der Waals surface area (Å²) in [6, 6.07) is 0. The molecule has 0 bridgehead atoms. The van der Waals surface area contributed by atoms with Crippen molar-refractivity contribution in [2.75, 3.05) is 11.9 Å². The van der Waals surface area contributed by atoms with E-state index < -0.39 is 0 Å². The molecule has 2 heterocycles. The summed E-state index contributed by atoms with van der Waals surface area (Å²) >= 11 is 0. The van der Waals surface area contributed by atoms with E-state index in [0.717, 1.165) is 17.7 Å².